The molecule has 0 aromatic rings. The van der Waals surface area contributed by atoms with Crippen molar-refractivity contribution in [1.29, 1.82) is 0 Å². The monoisotopic (exact) mass is 174 g/mol. The Balaban J connectivity index is 4.11. The van der Waals surface area contributed by atoms with Gasteiger partial charge in [0.2, 0.25) is 5.91 Å². The first-order valence-corrected chi connectivity index (χ1v) is 3.25. The molecule has 0 aliphatic heterocycles. The van der Waals surface area contributed by atoms with Crippen LogP contribution < -0.4 is 5.73 Å². The number of carboxylic acids is 1. The standard InChI is InChI=1S/C6H10N2O4/c7-3-5(10)8(1-2-9)4-6(11)12/h2H,1,3-4,7H2,(H,11,12). The number of carboxylic acid groups (broad SMARTS) is 1. The van der Waals surface area contributed by atoms with Crippen LogP contribution in [0.25, 0.3) is 0 Å². The summed E-state index contributed by atoms with van der Waals surface area (Å²) < 4.78 is 0. The van der Waals surface area contributed by atoms with E-state index in [-0.39, 0.29) is 13.1 Å². The molecule has 6 nitrogen and oxygen atoms in total. The number of amides is 1. The minimum absolute atomic E-state index is 0.234. The first-order chi connectivity index (χ1) is 5.61. The van der Waals surface area contributed by atoms with Crippen LogP contribution in [0.3, 0.4) is 0 Å². The Labute approximate surface area is 68.9 Å². The fraction of sp³-hybridized carbons (Fsp3) is 0.500. The average Bonchev–Trinajstić information content (AvgIpc) is 2.01. The van der Waals surface area contributed by atoms with Crippen molar-refractivity contribution in [1.82, 2.24) is 4.90 Å². The lowest BCUT2D eigenvalue weighted by molar-refractivity contribution is -0.144. The van der Waals surface area contributed by atoms with Gasteiger partial charge in [-0.2, -0.15) is 0 Å². The maximum absolute atomic E-state index is 10.8. The number of carbonyl (C=O) groups excluding carboxylic acids is 2. The third-order valence-corrected chi connectivity index (χ3v) is 1.15. The van der Waals surface area contributed by atoms with E-state index in [0.29, 0.717) is 6.29 Å². The number of rotatable bonds is 5. The van der Waals surface area contributed by atoms with Crippen LogP contribution in [0, 0.1) is 0 Å². The number of nitrogens with zero attached hydrogens (tertiary/aromatic N) is 1. The average molecular weight is 174 g/mol. The largest absolute Gasteiger partial charge is 0.480 e. The predicted molar refractivity (Wildman–Crippen MR) is 39.3 cm³/mol. The number of hydrogen-bond acceptors (Lipinski definition) is 4. The van der Waals surface area contributed by atoms with Crippen LogP contribution in [0.5, 0.6) is 0 Å². The molecule has 0 saturated heterocycles. The highest BCUT2D eigenvalue weighted by Gasteiger charge is 2.13. The Morgan fingerprint density at radius 2 is 2.08 bits per heavy atom. The van der Waals surface area contributed by atoms with Gasteiger partial charge in [-0.3, -0.25) is 9.59 Å². The highest BCUT2D eigenvalue weighted by atomic mass is 16.4. The molecule has 0 saturated carbocycles. The Kier molecular flexibility index (Phi) is 4.62. The van der Waals surface area contributed by atoms with Crippen LogP contribution in [0.2, 0.25) is 0 Å². The second-order valence-corrected chi connectivity index (χ2v) is 2.04. The lowest BCUT2D eigenvalue weighted by Crippen LogP contribution is -2.40. The van der Waals surface area contributed by atoms with Crippen LogP contribution >= 0.6 is 0 Å². The summed E-state index contributed by atoms with van der Waals surface area (Å²) >= 11 is 0. The summed E-state index contributed by atoms with van der Waals surface area (Å²) in [6.45, 7) is -1.02. The van der Waals surface area contributed by atoms with Crippen molar-refractivity contribution in [3.8, 4) is 0 Å². The molecule has 0 unspecified atom stereocenters. The van der Waals surface area contributed by atoms with Crippen LogP contribution in [-0.4, -0.2) is 47.8 Å². The Morgan fingerprint density at radius 1 is 1.50 bits per heavy atom. The van der Waals surface area contributed by atoms with Gasteiger partial charge in [-0.25, -0.2) is 0 Å². The van der Waals surface area contributed by atoms with E-state index in [9.17, 15) is 14.4 Å². The van der Waals surface area contributed by atoms with Crippen LogP contribution in [-0.2, 0) is 14.4 Å². The molecular formula is C6H10N2O4. The van der Waals surface area contributed by atoms with Crippen molar-refractivity contribution in [2.45, 2.75) is 0 Å². The Morgan fingerprint density at radius 3 is 2.42 bits per heavy atom. The zero-order chi connectivity index (χ0) is 9.56. The molecular weight excluding hydrogens is 164 g/mol. The van der Waals surface area contributed by atoms with Gasteiger partial charge in [-0.05, 0) is 0 Å². The number of nitrogens with two attached hydrogens (primary N) is 1. The van der Waals surface area contributed by atoms with E-state index >= 15 is 0 Å². The van der Waals surface area contributed by atoms with Crippen molar-refractivity contribution in [3.63, 3.8) is 0 Å². The molecule has 0 radical (unpaired) electrons. The van der Waals surface area contributed by atoms with Gasteiger partial charge >= 0.3 is 5.97 Å². The maximum atomic E-state index is 10.8. The molecule has 0 heterocycles. The number of aliphatic carboxylic acids is 1. The van der Waals surface area contributed by atoms with E-state index in [2.05, 4.69) is 0 Å². The fourth-order valence-corrected chi connectivity index (χ4v) is 0.637. The molecule has 12 heavy (non-hydrogen) atoms. The van der Waals surface area contributed by atoms with Crippen LogP contribution in [0.15, 0.2) is 0 Å². The second-order valence-electron chi connectivity index (χ2n) is 2.04. The minimum Gasteiger partial charge on any atom is -0.480 e. The first-order valence-electron chi connectivity index (χ1n) is 3.25. The highest BCUT2D eigenvalue weighted by molar-refractivity contribution is 5.84. The SMILES string of the molecule is NCC(=O)N(CC=O)CC(=O)O. The van der Waals surface area contributed by atoms with E-state index in [1.807, 2.05) is 0 Å². The zero-order valence-corrected chi connectivity index (χ0v) is 6.40. The van der Waals surface area contributed by atoms with Gasteiger partial charge in [0, 0.05) is 0 Å². The van der Waals surface area contributed by atoms with Crippen molar-refractivity contribution in [2.24, 2.45) is 5.73 Å². The highest BCUT2D eigenvalue weighted by Crippen LogP contribution is 1.86. The van der Waals surface area contributed by atoms with E-state index in [1.165, 1.54) is 0 Å². The summed E-state index contributed by atoms with van der Waals surface area (Å²) in [6, 6.07) is 0. The fourth-order valence-electron chi connectivity index (χ4n) is 0.637. The zero-order valence-electron chi connectivity index (χ0n) is 6.40. The number of hydrogen-bond donors (Lipinski definition) is 2. The van der Waals surface area contributed by atoms with Gasteiger partial charge in [-0.15, -0.1) is 0 Å². The maximum Gasteiger partial charge on any atom is 0.323 e. The molecule has 6 heteroatoms. The van der Waals surface area contributed by atoms with Crippen LogP contribution in [0.4, 0.5) is 0 Å². The minimum atomic E-state index is -1.17. The van der Waals surface area contributed by atoms with E-state index in [0.717, 1.165) is 4.90 Å². The molecule has 68 valence electrons. The molecule has 0 atom stereocenters. The molecule has 0 aliphatic carbocycles. The van der Waals surface area contributed by atoms with E-state index in [4.69, 9.17) is 10.8 Å². The Bertz CT molecular complexity index is 192. The van der Waals surface area contributed by atoms with Crippen molar-refractivity contribution < 1.29 is 19.5 Å². The molecule has 0 aliphatic rings. The Hall–Kier alpha value is -1.43. The summed E-state index contributed by atoms with van der Waals surface area (Å²) in [4.78, 5) is 31.8. The quantitative estimate of drug-likeness (QED) is 0.472. The first kappa shape index (κ1) is 10.6. The van der Waals surface area contributed by atoms with Crippen LogP contribution in [0.1, 0.15) is 0 Å². The summed E-state index contributed by atoms with van der Waals surface area (Å²) in [5.41, 5.74) is 4.98. The van der Waals surface area contributed by atoms with Crippen molar-refractivity contribution in [3.05, 3.63) is 0 Å². The van der Waals surface area contributed by atoms with Crippen molar-refractivity contribution in [2.75, 3.05) is 19.6 Å². The van der Waals surface area contributed by atoms with E-state index in [1.54, 1.807) is 0 Å². The molecule has 0 aromatic heterocycles. The summed E-state index contributed by atoms with van der Waals surface area (Å²) in [5, 5.41) is 8.30. The molecule has 0 spiro atoms. The molecule has 0 rings (SSSR count). The second kappa shape index (κ2) is 5.25. The van der Waals surface area contributed by atoms with E-state index < -0.39 is 18.4 Å². The number of carbonyl (C=O) groups is 3. The van der Waals surface area contributed by atoms with Gasteiger partial charge in [-0.1, -0.05) is 0 Å². The third kappa shape index (κ3) is 3.67. The van der Waals surface area contributed by atoms with Gasteiger partial charge in [0.25, 0.3) is 0 Å². The normalized spacial score (nSPS) is 9.08. The van der Waals surface area contributed by atoms with Gasteiger partial charge in [0.1, 0.15) is 12.8 Å². The lowest BCUT2D eigenvalue weighted by Gasteiger charge is -2.15. The predicted octanol–water partition coefficient (Wildman–Crippen LogP) is -1.94. The lowest BCUT2D eigenvalue weighted by atomic mass is 10.4. The molecule has 0 aromatic carbocycles. The molecule has 0 fully saturated rings. The topological polar surface area (TPSA) is 101 Å². The molecule has 0 bridgehead atoms. The van der Waals surface area contributed by atoms with Crippen molar-refractivity contribution >= 4 is 18.2 Å². The summed E-state index contributed by atoms with van der Waals surface area (Å²) in [5.74, 6) is -1.72. The van der Waals surface area contributed by atoms with Gasteiger partial charge < -0.3 is 20.5 Å². The molecule has 3 N–H and O–H groups in total. The summed E-state index contributed by atoms with van der Waals surface area (Å²) in [7, 11) is 0. The summed E-state index contributed by atoms with van der Waals surface area (Å²) in [6.07, 6.45) is 0.455. The number of aldehydes is 1. The van der Waals surface area contributed by atoms with Gasteiger partial charge in [0.15, 0.2) is 0 Å². The van der Waals surface area contributed by atoms with Gasteiger partial charge in [0.05, 0.1) is 13.1 Å². The third-order valence-electron chi connectivity index (χ3n) is 1.15. The molecule has 1 amide bonds. The smallest absolute Gasteiger partial charge is 0.323 e.